The van der Waals surface area contributed by atoms with Gasteiger partial charge in [-0.2, -0.15) is 0 Å². The number of amides is 1. The molecule has 0 bridgehead atoms. The van der Waals surface area contributed by atoms with Crippen molar-refractivity contribution in [3.05, 3.63) is 0 Å². The van der Waals surface area contributed by atoms with Gasteiger partial charge in [0.1, 0.15) is 0 Å². The van der Waals surface area contributed by atoms with E-state index in [4.69, 9.17) is 0 Å². The normalized spacial score (nSPS) is 18.1. The standard InChI is InChI=1S/C10H19BrN2O/c11-5-4-10(14)12-6-9-13-7-2-1-3-8-13/h1-9H2,(H,12,14). The predicted octanol–water partition coefficient (Wildman–Crippen LogP) is 1.37. The molecule has 1 aliphatic rings. The number of rotatable bonds is 5. The smallest absolute Gasteiger partial charge is 0.220 e. The molecule has 3 nitrogen and oxygen atoms in total. The van der Waals surface area contributed by atoms with Gasteiger partial charge in [0.2, 0.25) is 5.91 Å². The number of alkyl halides is 1. The Labute approximate surface area is 94.4 Å². The summed E-state index contributed by atoms with van der Waals surface area (Å²) < 4.78 is 0. The quantitative estimate of drug-likeness (QED) is 0.760. The maximum atomic E-state index is 11.1. The fraction of sp³-hybridized carbons (Fsp3) is 0.900. The number of nitrogens with zero attached hydrogens (tertiary/aromatic N) is 1. The summed E-state index contributed by atoms with van der Waals surface area (Å²) in [7, 11) is 0. The van der Waals surface area contributed by atoms with E-state index < -0.39 is 0 Å². The van der Waals surface area contributed by atoms with Gasteiger partial charge in [-0.3, -0.25) is 4.79 Å². The minimum atomic E-state index is 0.152. The van der Waals surface area contributed by atoms with Crippen LogP contribution in [0.15, 0.2) is 0 Å². The van der Waals surface area contributed by atoms with Gasteiger partial charge in [0.15, 0.2) is 0 Å². The van der Waals surface area contributed by atoms with Gasteiger partial charge in [-0.15, -0.1) is 0 Å². The molecular weight excluding hydrogens is 244 g/mol. The molecule has 14 heavy (non-hydrogen) atoms. The van der Waals surface area contributed by atoms with Gasteiger partial charge < -0.3 is 10.2 Å². The lowest BCUT2D eigenvalue weighted by Crippen LogP contribution is -2.37. The third-order valence-corrected chi connectivity index (χ3v) is 2.92. The molecular formula is C10H19BrN2O. The van der Waals surface area contributed by atoms with Crippen LogP contribution in [0.3, 0.4) is 0 Å². The molecule has 0 unspecified atom stereocenters. The number of halogens is 1. The molecule has 0 aliphatic carbocycles. The SMILES string of the molecule is O=C(CCBr)NCCN1CCCCC1. The van der Waals surface area contributed by atoms with Gasteiger partial charge in [0, 0.05) is 24.8 Å². The fourth-order valence-corrected chi connectivity index (χ4v) is 2.07. The van der Waals surface area contributed by atoms with Crippen molar-refractivity contribution in [2.24, 2.45) is 0 Å². The van der Waals surface area contributed by atoms with E-state index >= 15 is 0 Å². The first-order valence-electron chi connectivity index (χ1n) is 5.38. The van der Waals surface area contributed by atoms with E-state index in [2.05, 4.69) is 26.1 Å². The van der Waals surface area contributed by atoms with Crippen LogP contribution in [0.4, 0.5) is 0 Å². The maximum absolute atomic E-state index is 11.1. The zero-order valence-corrected chi connectivity index (χ0v) is 10.2. The number of piperidine rings is 1. The first-order valence-corrected chi connectivity index (χ1v) is 6.50. The molecule has 0 spiro atoms. The van der Waals surface area contributed by atoms with Crippen LogP contribution in [0.5, 0.6) is 0 Å². The maximum Gasteiger partial charge on any atom is 0.220 e. The van der Waals surface area contributed by atoms with Crippen molar-refractivity contribution >= 4 is 21.8 Å². The molecule has 4 heteroatoms. The summed E-state index contributed by atoms with van der Waals surface area (Å²) in [5.74, 6) is 0.152. The highest BCUT2D eigenvalue weighted by Gasteiger charge is 2.09. The highest BCUT2D eigenvalue weighted by molar-refractivity contribution is 9.09. The second-order valence-corrected chi connectivity index (χ2v) is 4.48. The van der Waals surface area contributed by atoms with Crippen molar-refractivity contribution in [3.8, 4) is 0 Å². The highest BCUT2D eigenvalue weighted by Crippen LogP contribution is 2.07. The molecule has 1 saturated heterocycles. The van der Waals surface area contributed by atoms with Crippen LogP contribution in [-0.4, -0.2) is 42.3 Å². The molecule has 1 rings (SSSR count). The number of nitrogens with one attached hydrogen (secondary N) is 1. The van der Waals surface area contributed by atoms with Crippen LogP contribution in [0.1, 0.15) is 25.7 Å². The Hall–Kier alpha value is -0.0900. The van der Waals surface area contributed by atoms with Crippen LogP contribution in [0.2, 0.25) is 0 Å². The number of hydrogen-bond donors (Lipinski definition) is 1. The summed E-state index contributed by atoms with van der Waals surface area (Å²) in [6, 6.07) is 0. The van der Waals surface area contributed by atoms with E-state index in [1.165, 1.54) is 32.4 Å². The second kappa shape index (κ2) is 7.23. The minimum Gasteiger partial charge on any atom is -0.355 e. The van der Waals surface area contributed by atoms with Crippen molar-refractivity contribution in [2.45, 2.75) is 25.7 Å². The van der Waals surface area contributed by atoms with Crippen molar-refractivity contribution in [1.29, 1.82) is 0 Å². The van der Waals surface area contributed by atoms with Gasteiger partial charge in [0.25, 0.3) is 0 Å². The predicted molar refractivity (Wildman–Crippen MR) is 61.7 cm³/mol. The number of hydrogen-bond acceptors (Lipinski definition) is 2. The Balaban J connectivity index is 1.99. The lowest BCUT2D eigenvalue weighted by atomic mass is 10.1. The largest absolute Gasteiger partial charge is 0.355 e. The molecule has 0 radical (unpaired) electrons. The topological polar surface area (TPSA) is 32.3 Å². The number of carbonyl (C=O) groups is 1. The summed E-state index contributed by atoms with van der Waals surface area (Å²) in [4.78, 5) is 13.6. The zero-order valence-electron chi connectivity index (χ0n) is 8.60. The van der Waals surface area contributed by atoms with Gasteiger partial charge in [-0.25, -0.2) is 0 Å². The third kappa shape index (κ3) is 4.96. The van der Waals surface area contributed by atoms with E-state index in [0.717, 1.165) is 18.4 Å². The highest BCUT2D eigenvalue weighted by atomic mass is 79.9. The van der Waals surface area contributed by atoms with Crippen LogP contribution >= 0.6 is 15.9 Å². The lowest BCUT2D eigenvalue weighted by molar-refractivity contribution is -0.120. The van der Waals surface area contributed by atoms with E-state index in [1.54, 1.807) is 0 Å². The molecule has 0 aromatic carbocycles. The van der Waals surface area contributed by atoms with E-state index in [0.29, 0.717) is 6.42 Å². The molecule has 1 aliphatic heterocycles. The molecule has 0 aromatic rings. The molecule has 1 heterocycles. The molecule has 0 atom stereocenters. The average molecular weight is 263 g/mol. The van der Waals surface area contributed by atoms with E-state index in [1.807, 2.05) is 0 Å². The number of carbonyl (C=O) groups excluding carboxylic acids is 1. The molecule has 1 N–H and O–H groups in total. The Bertz CT molecular complexity index is 170. The molecule has 1 fully saturated rings. The summed E-state index contributed by atoms with van der Waals surface area (Å²) in [5.41, 5.74) is 0. The lowest BCUT2D eigenvalue weighted by Gasteiger charge is -2.26. The summed E-state index contributed by atoms with van der Waals surface area (Å²) >= 11 is 3.25. The molecule has 0 aromatic heterocycles. The molecule has 0 saturated carbocycles. The van der Waals surface area contributed by atoms with Crippen molar-refractivity contribution in [2.75, 3.05) is 31.5 Å². The average Bonchev–Trinajstić information content (AvgIpc) is 2.20. The molecule has 1 amide bonds. The van der Waals surface area contributed by atoms with E-state index in [-0.39, 0.29) is 5.91 Å². The summed E-state index contributed by atoms with van der Waals surface area (Å²) in [6.45, 7) is 4.21. The van der Waals surface area contributed by atoms with Crippen LogP contribution in [-0.2, 0) is 4.79 Å². The van der Waals surface area contributed by atoms with Crippen LogP contribution in [0.25, 0.3) is 0 Å². The van der Waals surface area contributed by atoms with Crippen molar-refractivity contribution < 1.29 is 4.79 Å². The van der Waals surface area contributed by atoms with E-state index in [9.17, 15) is 4.79 Å². The van der Waals surface area contributed by atoms with Crippen molar-refractivity contribution in [1.82, 2.24) is 10.2 Å². The Morgan fingerprint density at radius 1 is 1.29 bits per heavy atom. The first-order chi connectivity index (χ1) is 6.83. The Kier molecular flexibility index (Phi) is 6.19. The van der Waals surface area contributed by atoms with Gasteiger partial charge >= 0.3 is 0 Å². The third-order valence-electron chi connectivity index (χ3n) is 2.52. The van der Waals surface area contributed by atoms with Crippen LogP contribution in [0, 0.1) is 0 Å². The number of likely N-dealkylation sites (tertiary alicyclic amines) is 1. The summed E-state index contributed by atoms with van der Waals surface area (Å²) in [6.07, 6.45) is 4.58. The monoisotopic (exact) mass is 262 g/mol. The minimum absolute atomic E-state index is 0.152. The summed E-state index contributed by atoms with van der Waals surface area (Å²) in [5, 5.41) is 3.67. The second-order valence-electron chi connectivity index (χ2n) is 3.69. The first kappa shape index (κ1) is 12.0. The van der Waals surface area contributed by atoms with Gasteiger partial charge in [-0.05, 0) is 25.9 Å². The van der Waals surface area contributed by atoms with Gasteiger partial charge in [0.05, 0.1) is 0 Å². The van der Waals surface area contributed by atoms with Crippen LogP contribution < -0.4 is 5.32 Å². The van der Waals surface area contributed by atoms with Crippen molar-refractivity contribution in [3.63, 3.8) is 0 Å². The fourth-order valence-electron chi connectivity index (χ4n) is 1.71. The van der Waals surface area contributed by atoms with Gasteiger partial charge in [-0.1, -0.05) is 22.4 Å². The Morgan fingerprint density at radius 2 is 2.00 bits per heavy atom. The zero-order chi connectivity index (χ0) is 10.2. The molecule has 82 valence electrons. The Morgan fingerprint density at radius 3 is 2.64 bits per heavy atom.